The highest BCUT2D eigenvalue weighted by Gasteiger charge is 2.47. The lowest BCUT2D eigenvalue weighted by atomic mass is 10.1. The molecular formula is C19H18Cl2N2O2S2. The van der Waals surface area contributed by atoms with Crippen LogP contribution in [0.3, 0.4) is 0 Å². The third-order valence-corrected chi connectivity index (χ3v) is 7.86. The fourth-order valence-corrected chi connectivity index (χ4v) is 6.99. The van der Waals surface area contributed by atoms with Crippen LogP contribution in [0.15, 0.2) is 47.5 Å². The maximum atomic E-state index is 12.1. The molecular weight excluding hydrogens is 423 g/mol. The van der Waals surface area contributed by atoms with Crippen LogP contribution < -0.4 is 4.90 Å². The van der Waals surface area contributed by atoms with Crippen LogP contribution in [0.2, 0.25) is 10.0 Å². The molecule has 0 spiro atoms. The minimum atomic E-state index is -3.09. The topological polar surface area (TPSA) is 49.7 Å². The third kappa shape index (κ3) is 4.14. The molecule has 0 aliphatic carbocycles. The number of aryl methyl sites for hydroxylation is 1. The Hall–Kier alpha value is -1.21. The highest BCUT2D eigenvalue weighted by atomic mass is 35.5. The Morgan fingerprint density at radius 2 is 1.89 bits per heavy atom. The number of anilines is 1. The van der Waals surface area contributed by atoms with Crippen LogP contribution in [0, 0.1) is 6.92 Å². The molecule has 2 aliphatic heterocycles. The predicted molar refractivity (Wildman–Crippen MR) is 115 cm³/mol. The Morgan fingerprint density at radius 1 is 1.15 bits per heavy atom. The normalized spacial score (nSPS) is 23.4. The van der Waals surface area contributed by atoms with Gasteiger partial charge < -0.3 is 4.90 Å². The number of hydrogen-bond acceptors (Lipinski definition) is 5. The van der Waals surface area contributed by atoms with E-state index in [9.17, 15) is 8.42 Å². The molecule has 0 radical (unpaired) electrons. The third-order valence-electron chi connectivity index (χ3n) is 4.68. The lowest BCUT2D eigenvalue weighted by Crippen LogP contribution is -2.39. The second kappa shape index (κ2) is 7.32. The van der Waals surface area contributed by atoms with Crippen molar-refractivity contribution in [3.63, 3.8) is 0 Å². The van der Waals surface area contributed by atoms with Gasteiger partial charge in [0.25, 0.3) is 0 Å². The van der Waals surface area contributed by atoms with Gasteiger partial charge in [0.2, 0.25) is 0 Å². The van der Waals surface area contributed by atoms with Crippen LogP contribution in [-0.2, 0) is 15.6 Å². The Morgan fingerprint density at radius 3 is 2.59 bits per heavy atom. The molecule has 2 atom stereocenters. The van der Waals surface area contributed by atoms with Crippen LogP contribution in [0.1, 0.15) is 11.1 Å². The minimum Gasteiger partial charge on any atom is -0.315 e. The quantitative estimate of drug-likeness (QED) is 0.700. The van der Waals surface area contributed by atoms with Crippen LogP contribution in [0.5, 0.6) is 0 Å². The molecule has 2 aromatic rings. The highest BCUT2D eigenvalue weighted by Crippen LogP contribution is 2.37. The van der Waals surface area contributed by atoms with Crippen LogP contribution in [-0.4, -0.2) is 37.2 Å². The zero-order valence-corrected chi connectivity index (χ0v) is 17.7. The molecule has 1 fully saturated rings. The standard InChI is InChI=1S/C19H18Cl2N2O2S2/c1-12-3-2-4-13(5-12)9-26-19-22-17-10-27(24,25)11-18(17)23(19)16-7-14(20)6-15(21)8-16/h2-8,17-18H,9-11H2,1H3/t17-,18-/m1/s1. The van der Waals surface area contributed by atoms with Gasteiger partial charge in [0.15, 0.2) is 15.0 Å². The van der Waals surface area contributed by atoms with Crippen molar-refractivity contribution < 1.29 is 8.42 Å². The number of sulfone groups is 1. The number of amidine groups is 1. The molecule has 2 aromatic carbocycles. The van der Waals surface area contributed by atoms with Crippen LogP contribution >= 0.6 is 35.0 Å². The summed E-state index contributed by atoms with van der Waals surface area (Å²) >= 11 is 14.0. The van der Waals surface area contributed by atoms with E-state index >= 15 is 0 Å². The summed E-state index contributed by atoms with van der Waals surface area (Å²) in [5, 5.41) is 1.86. The van der Waals surface area contributed by atoms with E-state index in [-0.39, 0.29) is 23.6 Å². The molecule has 0 N–H and O–H groups in total. The largest absolute Gasteiger partial charge is 0.315 e. The van der Waals surface area contributed by atoms with Crippen molar-refractivity contribution in [2.75, 3.05) is 16.4 Å². The maximum absolute atomic E-state index is 12.1. The summed E-state index contributed by atoms with van der Waals surface area (Å²) < 4.78 is 24.2. The summed E-state index contributed by atoms with van der Waals surface area (Å²) in [6.07, 6.45) is 0. The molecule has 142 valence electrons. The SMILES string of the molecule is Cc1cccc(CSC2=N[C@@H]3CS(=O)(=O)C[C@H]3N2c2cc(Cl)cc(Cl)c2)c1. The number of fused-ring (bicyclic) bond motifs is 1. The monoisotopic (exact) mass is 440 g/mol. The molecule has 8 heteroatoms. The van der Waals surface area contributed by atoms with E-state index in [0.717, 1.165) is 16.6 Å². The summed E-state index contributed by atoms with van der Waals surface area (Å²) in [6.45, 7) is 2.07. The van der Waals surface area contributed by atoms with Gasteiger partial charge in [-0.05, 0) is 30.7 Å². The summed E-state index contributed by atoms with van der Waals surface area (Å²) in [6, 6.07) is 13.2. The zero-order chi connectivity index (χ0) is 19.2. The number of thioether (sulfide) groups is 1. The van der Waals surface area contributed by atoms with Crippen molar-refractivity contribution in [3.05, 3.63) is 63.6 Å². The molecule has 2 heterocycles. The van der Waals surface area contributed by atoms with Gasteiger partial charge in [-0.25, -0.2) is 8.42 Å². The van der Waals surface area contributed by atoms with Crippen molar-refractivity contribution in [3.8, 4) is 0 Å². The van der Waals surface area contributed by atoms with E-state index in [2.05, 4.69) is 25.1 Å². The molecule has 4 rings (SSSR count). The number of rotatable bonds is 3. The van der Waals surface area contributed by atoms with Crippen molar-refractivity contribution >= 4 is 55.7 Å². The minimum absolute atomic E-state index is 0.0942. The van der Waals surface area contributed by atoms with E-state index < -0.39 is 9.84 Å². The van der Waals surface area contributed by atoms with Crippen LogP contribution in [0.4, 0.5) is 5.69 Å². The van der Waals surface area contributed by atoms with Crippen molar-refractivity contribution in [1.82, 2.24) is 0 Å². The fraction of sp³-hybridized carbons (Fsp3) is 0.316. The van der Waals surface area contributed by atoms with Gasteiger partial charge >= 0.3 is 0 Å². The lowest BCUT2D eigenvalue weighted by molar-refractivity contribution is 0.601. The summed E-state index contributed by atoms with van der Waals surface area (Å²) in [5.41, 5.74) is 3.20. The summed E-state index contributed by atoms with van der Waals surface area (Å²) in [7, 11) is -3.09. The van der Waals surface area contributed by atoms with Gasteiger partial charge in [0, 0.05) is 21.5 Å². The van der Waals surface area contributed by atoms with Crippen molar-refractivity contribution in [1.29, 1.82) is 0 Å². The first-order valence-corrected chi connectivity index (χ1v) is 12.1. The van der Waals surface area contributed by atoms with E-state index in [0.29, 0.717) is 10.0 Å². The molecule has 4 nitrogen and oxygen atoms in total. The number of benzene rings is 2. The molecule has 2 aliphatic rings. The molecule has 0 saturated carbocycles. The first kappa shape index (κ1) is 19.1. The average molecular weight is 441 g/mol. The molecule has 27 heavy (non-hydrogen) atoms. The Kier molecular flexibility index (Phi) is 5.18. The smallest absolute Gasteiger partial charge is 0.164 e. The first-order chi connectivity index (χ1) is 12.8. The fourth-order valence-electron chi connectivity index (χ4n) is 3.56. The summed E-state index contributed by atoms with van der Waals surface area (Å²) in [4.78, 5) is 6.73. The van der Waals surface area contributed by atoms with Crippen molar-refractivity contribution in [2.45, 2.75) is 24.8 Å². The average Bonchev–Trinajstić information content (AvgIpc) is 3.03. The Labute approximate surface area is 173 Å². The Bertz CT molecular complexity index is 1000. The molecule has 1 saturated heterocycles. The number of halogens is 2. The van der Waals surface area contributed by atoms with E-state index in [1.807, 2.05) is 23.1 Å². The van der Waals surface area contributed by atoms with Gasteiger partial charge in [-0.3, -0.25) is 4.99 Å². The predicted octanol–water partition coefficient (Wildman–Crippen LogP) is 4.58. The zero-order valence-electron chi connectivity index (χ0n) is 14.6. The van der Waals surface area contributed by atoms with E-state index in [1.54, 1.807) is 17.8 Å². The molecule has 0 unspecified atom stereocenters. The van der Waals surface area contributed by atoms with Gasteiger partial charge in [0.1, 0.15) is 0 Å². The molecule has 0 aromatic heterocycles. The first-order valence-electron chi connectivity index (χ1n) is 8.53. The van der Waals surface area contributed by atoms with Crippen LogP contribution in [0.25, 0.3) is 0 Å². The lowest BCUT2D eigenvalue weighted by Gasteiger charge is -2.27. The van der Waals surface area contributed by atoms with Gasteiger partial charge in [-0.2, -0.15) is 0 Å². The number of nitrogens with zero attached hydrogens (tertiary/aromatic N) is 2. The Balaban J connectivity index is 1.65. The number of aliphatic imine (C=N–C) groups is 1. The maximum Gasteiger partial charge on any atom is 0.164 e. The highest BCUT2D eigenvalue weighted by molar-refractivity contribution is 8.13. The van der Waals surface area contributed by atoms with Gasteiger partial charge in [0.05, 0.1) is 23.6 Å². The van der Waals surface area contributed by atoms with E-state index in [4.69, 9.17) is 28.2 Å². The second-order valence-electron chi connectivity index (χ2n) is 6.90. The van der Waals surface area contributed by atoms with Gasteiger partial charge in [-0.15, -0.1) is 0 Å². The van der Waals surface area contributed by atoms with Gasteiger partial charge in [-0.1, -0.05) is 64.8 Å². The summed E-state index contributed by atoms with van der Waals surface area (Å²) in [5.74, 6) is 0.953. The molecule has 0 bridgehead atoms. The van der Waals surface area contributed by atoms with E-state index in [1.165, 1.54) is 11.1 Å². The number of hydrogen-bond donors (Lipinski definition) is 0. The molecule has 0 amide bonds. The second-order valence-corrected chi connectivity index (χ2v) is 10.9. The van der Waals surface area contributed by atoms with Crippen molar-refractivity contribution in [2.24, 2.45) is 4.99 Å².